The average Bonchev–Trinajstić information content (AvgIpc) is 2.77. The summed E-state index contributed by atoms with van der Waals surface area (Å²) in [6, 6.07) is 2.10. The zero-order chi connectivity index (χ0) is 10.9. The Bertz CT molecular complexity index is 262. The van der Waals surface area contributed by atoms with Crippen molar-refractivity contribution in [3.05, 3.63) is 10.4 Å². The van der Waals surface area contributed by atoms with Gasteiger partial charge in [0.2, 0.25) is 0 Å². The fourth-order valence-corrected chi connectivity index (χ4v) is 1.59. The monoisotopic (exact) mass is 209 g/mol. The van der Waals surface area contributed by atoms with Crippen LogP contribution in [0.3, 0.4) is 0 Å². The maximum Gasteiger partial charge on any atom is 0.100 e. The topological polar surface area (TPSA) is 93.8 Å². The predicted octanol–water partition coefficient (Wildman–Crippen LogP) is 1.21. The van der Waals surface area contributed by atoms with Crippen LogP contribution in [0.2, 0.25) is 0 Å². The third-order valence-corrected chi connectivity index (χ3v) is 2.44. The minimum atomic E-state index is -0.140. The van der Waals surface area contributed by atoms with Gasteiger partial charge in [-0.2, -0.15) is 5.26 Å². The third kappa shape index (κ3) is 4.17. The second-order valence-corrected chi connectivity index (χ2v) is 3.49. The van der Waals surface area contributed by atoms with Crippen molar-refractivity contribution in [2.24, 2.45) is 11.0 Å². The van der Waals surface area contributed by atoms with Gasteiger partial charge in [-0.05, 0) is 24.9 Å². The molecule has 0 saturated carbocycles. The molecular formula is C9H15N5O. The van der Waals surface area contributed by atoms with Crippen molar-refractivity contribution in [2.75, 3.05) is 26.3 Å². The van der Waals surface area contributed by atoms with Crippen molar-refractivity contribution in [2.45, 2.75) is 18.9 Å². The van der Waals surface area contributed by atoms with E-state index in [-0.39, 0.29) is 6.04 Å². The summed E-state index contributed by atoms with van der Waals surface area (Å²) in [7, 11) is 0. The molecule has 2 atom stereocenters. The minimum Gasteiger partial charge on any atom is -0.381 e. The van der Waals surface area contributed by atoms with Crippen molar-refractivity contribution in [1.29, 1.82) is 5.26 Å². The second-order valence-electron chi connectivity index (χ2n) is 3.49. The lowest BCUT2D eigenvalue weighted by molar-refractivity contribution is 0.181. The van der Waals surface area contributed by atoms with Crippen LogP contribution in [0.5, 0.6) is 0 Å². The molecule has 0 spiro atoms. The van der Waals surface area contributed by atoms with Crippen LogP contribution < -0.4 is 5.32 Å². The van der Waals surface area contributed by atoms with Crippen LogP contribution in [0.1, 0.15) is 12.8 Å². The molecule has 82 valence electrons. The molecule has 1 N–H and O–H groups in total. The van der Waals surface area contributed by atoms with Crippen LogP contribution in [0.15, 0.2) is 5.11 Å². The Morgan fingerprint density at radius 2 is 2.60 bits per heavy atom. The number of nitrogens with one attached hydrogen (secondary N) is 1. The Labute approximate surface area is 88.8 Å². The van der Waals surface area contributed by atoms with Gasteiger partial charge >= 0.3 is 0 Å². The molecule has 6 heteroatoms. The van der Waals surface area contributed by atoms with Crippen LogP contribution in [-0.4, -0.2) is 32.3 Å². The van der Waals surface area contributed by atoms with Crippen molar-refractivity contribution in [1.82, 2.24) is 5.32 Å². The molecule has 0 amide bonds. The van der Waals surface area contributed by atoms with Crippen molar-refractivity contribution >= 4 is 0 Å². The lowest BCUT2D eigenvalue weighted by Gasteiger charge is -2.16. The number of nitriles is 1. The van der Waals surface area contributed by atoms with Crippen LogP contribution in [0.25, 0.3) is 10.4 Å². The second kappa shape index (κ2) is 7.07. The molecule has 1 aliphatic heterocycles. The van der Waals surface area contributed by atoms with E-state index in [0.29, 0.717) is 25.6 Å². The van der Waals surface area contributed by atoms with E-state index in [1.165, 1.54) is 0 Å². The first-order chi connectivity index (χ1) is 7.38. The van der Waals surface area contributed by atoms with E-state index in [9.17, 15) is 0 Å². The zero-order valence-corrected chi connectivity index (χ0v) is 8.59. The van der Waals surface area contributed by atoms with Gasteiger partial charge in [0, 0.05) is 24.0 Å². The normalized spacial score (nSPS) is 21.7. The summed E-state index contributed by atoms with van der Waals surface area (Å²) in [5, 5.41) is 15.5. The van der Waals surface area contributed by atoms with Crippen LogP contribution in [0.4, 0.5) is 0 Å². The van der Waals surface area contributed by atoms with Crippen LogP contribution in [0, 0.1) is 17.2 Å². The van der Waals surface area contributed by atoms with Gasteiger partial charge in [0.15, 0.2) is 0 Å². The summed E-state index contributed by atoms with van der Waals surface area (Å²) in [5.74, 6) is 0.300. The molecule has 0 aromatic heterocycles. The van der Waals surface area contributed by atoms with Crippen molar-refractivity contribution in [3.63, 3.8) is 0 Å². The molecule has 0 bridgehead atoms. The molecule has 0 radical (unpaired) electrons. The molecule has 0 aromatic carbocycles. The van der Waals surface area contributed by atoms with E-state index in [4.69, 9.17) is 15.5 Å². The first kappa shape index (κ1) is 11.8. The SMILES string of the molecule is N#CC(NCCCN=[N+]=[N-])C1CCOC1. The van der Waals surface area contributed by atoms with Gasteiger partial charge < -0.3 is 10.1 Å². The highest BCUT2D eigenvalue weighted by molar-refractivity contribution is 4.96. The quantitative estimate of drug-likeness (QED) is 0.308. The van der Waals surface area contributed by atoms with Gasteiger partial charge in [-0.3, -0.25) is 0 Å². The molecule has 6 nitrogen and oxygen atoms in total. The fourth-order valence-electron chi connectivity index (χ4n) is 1.59. The third-order valence-electron chi connectivity index (χ3n) is 2.44. The summed E-state index contributed by atoms with van der Waals surface area (Å²) in [6.45, 7) is 2.60. The highest BCUT2D eigenvalue weighted by atomic mass is 16.5. The molecule has 1 rings (SSSR count). The van der Waals surface area contributed by atoms with Gasteiger partial charge in [-0.25, -0.2) is 0 Å². The van der Waals surface area contributed by atoms with E-state index >= 15 is 0 Å². The molecule has 1 fully saturated rings. The van der Waals surface area contributed by atoms with E-state index in [2.05, 4.69) is 21.4 Å². The molecule has 1 heterocycles. The molecule has 0 aliphatic carbocycles. The van der Waals surface area contributed by atoms with Gasteiger partial charge in [-0.1, -0.05) is 5.11 Å². The van der Waals surface area contributed by atoms with Crippen LogP contribution in [-0.2, 0) is 4.74 Å². The molecule has 1 saturated heterocycles. The Morgan fingerprint density at radius 1 is 1.73 bits per heavy atom. The largest absolute Gasteiger partial charge is 0.381 e. The number of ether oxygens (including phenoxy) is 1. The van der Waals surface area contributed by atoms with E-state index in [0.717, 1.165) is 19.4 Å². The number of rotatable bonds is 6. The lowest BCUT2D eigenvalue weighted by Crippen LogP contribution is -2.36. The Kier molecular flexibility index (Phi) is 5.56. The lowest BCUT2D eigenvalue weighted by atomic mass is 10.0. The first-order valence-corrected chi connectivity index (χ1v) is 5.10. The molecule has 1 aliphatic rings. The van der Waals surface area contributed by atoms with Gasteiger partial charge in [0.25, 0.3) is 0 Å². The summed E-state index contributed by atoms with van der Waals surface area (Å²) in [5.41, 5.74) is 8.06. The summed E-state index contributed by atoms with van der Waals surface area (Å²) < 4.78 is 5.23. The number of hydrogen-bond donors (Lipinski definition) is 1. The van der Waals surface area contributed by atoms with Gasteiger partial charge in [0.05, 0.1) is 12.7 Å². The molecule has 15 heavy (non-hydrogen) atoms. The number of nitrogens with zero attached hydrogens (tertiary/aromatic N) is 4. The molecular weight excluding hydrogens is 194 g/mol. The number of azide groups is 1. The van der Waals surface area contributed by atoms with Gasteiger partial charge in [-0.15, -0.1) is 0 Å². The molecule has 0 aromatic rings. The Hall–Kier alpha value is -1.28. The highest BCUT2D eigenvalue weighted by Crippen LogP contribution is 2.16. The highest BCUT2D eigenvalue weighted by Gasteiger charge is 2.24. The maximum absolute atomic E-state index is 8.94. The molecule has 2 unspecified atom stereocenters. The Morgan fingerprint density at radius 3 is 3.20 bits per heavy atom. The van der Waals surface area contributed by atoms with Crippen molar-refractivity contribution in [3.8, 4) is 6.07 Å². The zero-order valence-electron chi connectivity index (χ0n) is 8.59. The van der Waals surface area contributed by atoms with E-state index in [1.807, 2.05) is 0 Å². The summed E-state index contributed by atoms with van der Waals surface area (Å²) >= 11 is 0. The summed E-state index contributed by atoms with van der Waals surface area (Å²) in [4.78, 5) is 2.66. The van der Waals surface area contributed by atoms with E-state index in [1.54, 1.807) is 0 Å². The average molecular weight is 209 g/mol. The minimum absolute atomic E-state index is 0.140. The van der Waals surface area contributed by atoms with E-state index < -0.39 is 0 Å². The smallest absolute Gasteiger partial charge is 0.100 e. The fraction of sp³-hybridized carbons (Fsp3) is 0.889. The van der Waals surface area contributed by atoms with Crippen molar-refractivity contribution < 1.29 is 4.74 Å². The summed E-state index contributed by atoms with van der Waals surface area (Å²) in [6.07, 6.45) is 1.71. The maximum atomic E-state index is 8.94. The standard InChI is InChI=1S/C9H15N5O/c10-6-9(8-2-5-15-7-8)12-3-1-4-13-14-11/h8-9,12H,1-5,7H2. The van der Waals surface area contributed by atoms with Crippen LogP contribution >= 0.6 is 0 Å². The van der Waals surface area contributed by atoms with Gasteiger partial charge in [0.1, 0.15) is 6.04 Å². The predicted molar refractivity (Wildman–Crippen MR) is 55.0 cm³/mol. The first-order valence-electron chi connectivity index (χ1n) is 5.10. The number of hydrogen-bond acceptors (Lipinski definition) is 4. The Balaban J connectivity index is 2.16.